The van der Waals surface area contributed by atoms with Crippen molar-refractivity contribution in [2.75, 3.05) is 13.1 Å². The van der Waals surface area contributed by atoms with Gasteiger partial charge in [-0.3, -0.25) is 9.69 Å². The van der Waals surface area contributed by atoms with E-state index in [9.17, 15) is 4.79 Å². The van der Waals surface area contributed by atoms with Gasteiger partial charge in [-0.15, -0.1) is 0 Å². The lowest BCUT2D eigenvalue weighted by molar-refractivity contribution is -0.113. The molecule has 1 fully saturated rings. The number of Topliss-reactive ketones (excluding diaryl/α,β-unsaturated/α-hetero) is 1. The normalized spacial score (nSPS) is 18.2. The van der Waals surface area contributed by atoms with Gasteiger partial charge in [0.2, 0.25) is 0 Å². The first-order valence-electron chi connectivity index (χ1n) is 10.5. The molecule has 0 saturated carbocycles. The molecule has 33 heavy (non-hydrogen) atoms. The van der Waals surface area contributed by atoms with Gasteiger partial charge in [0.1, 0.15) is 0 Å². The van der Waals surface area contributed by atoms with Crippen LogP contribution < -0.4 is 0 Å². The number of likely N-dealkylation sites (tertiary alicyclic amines) is 1. The maximum absolute atomic E-state index is 13.5. The van der Waals surface area contributed by atoms with Crippen molar-refractivity contribution in [1.82, 2.24) is 4.90 Å². The molecule has 0 amide bonds. The van der Waals surface area contributed by atoms with Crippen LogP contribution >= 0.6 is 46.4 Å². The molecule has 3 aromatic carbocycles. The molecule has 0 N–H and O–H groups in total. The number of hydrogen-bond donors (Lipinski definition) is 0. The number of hydrogen-bond acceptors (Lipinski definition) is 2. The Morgan fingerprint density at radius 1 is 0.758 bits per heavy atom. The van der Waals surface area contributed by atoms with Crippen LogP contribution in [-0.2, 0) is 4.79 Å². The number of carbonyl (C=O) groups is 1. The van der Waals surface area contributed by atoms with Crippen LogP contribution in [0.25, 0.3) is 12.2 Å². The van der Waals surface area contributed by atoms with Crippen molar-refractivity contribution in [2.45, 2.75) is 13.0 Å². The summed E-state index contributed by atoms with van der Waals surface area (Å²) in [4.78, 5) is 15.8. The molecule has 4 rings (SSSR count). The van der Waals surface area contributed by atoms with E-state index in [0.717, 1.165) is 11.1 Å². The first-order chi connectivity index (χ1) is 15.8. The Morgan fingerprint density at radius 3 is 1.70 bits per heavy atom. The molecule has 0 spiro atoms. The lowest BCUT2D eigenvalue weighted by atomic mass is 9.92. The summed E-state index contributed by atoms with van der Waals surface area (Å²) in [5, 5.41) is 2.11. The van der Waals surface area contributed by atoms with Crippen molar-refractivity contribution in [2.24, 2.45) is 0 Å². The van der Waals surface area contributed by atoms with Crippen molar-refractivity contribution in [3.8, 4) is 0 Å². The fourth-order valence-electron chi connectivity index (χ4n) is 3.89. The van der Waals surface area contributed by atoms with Crippen molar-refractivity contribution in [3.05, 3.63) is 115 Å². The molecule has 0 radical (unpaired) electrons. The Balaban J connectivity index is 1.76. The Kier molecular flexibility index (Phi) is 7.63. The topological polar surface area (TPSA) is 20.3 Å². The molecule has 0 bridgehead atoms. The summed E-state index contributed by atoms with van der Waals surface area (Å²) in [5.74, 6) is -0.0245. The molecule has 1 aliphatic heterocycles. The van der Waals surface area contributed by atoms with Crippen LogP contribution in [0.4, 0.5) is 0 Å². The highest BCUT2D eigenvalue weighted by Gasteiger charge is 2.29. The van der Waals surface area contributed by atoms with E-state index in [2.05, 4.69) is 24.0 Å². The van der Waals surface area contributed by atoms with Crippen LogP contribution in [0.15, 0.2) is 77.9 Å². The van der Waals surface area contributed by atoms with Gasteiger partial charge in [0, 0.05) is 50.4 Å². The van der Waals surface area contributed by atoms with Crippen LogP contribution in [0, 0.1) is 0 Å². The van der Waals surface area contributed by atoms with Gasteiger partial charge in [-0.25, -0.2) is 0 Å². The standard InChI is InChI=1S/C27H21Cl4NO/c1-17(18-5-3-2-4-6-18)32-15-21(11-19-7-9-23(28)13-25(19)30)27(33)22(16-32)12-20-8-10-24(29)14-26(20)31/h2-14,17H,15-16H2,1H3/b21-11+,22-12+/t17-/m1/s1. The second kappa shape index (κ2) is 10.5. The Morgan fingerprint density at radius 2 is 1.24 bits per heavy atom. The third kappa shape index (κ3) is 5.71. The highest BCUT2D eigenvalue weighted by molar-refractivity contribution is 6.36. The number of halogens is 4. The maximum Gasteiger partial charge on any atom is 0.187 e. The molecule has 2 nitrogen and oxygen atoms in total. The molecule has 1 atom stereocenters. The molecule has 1 aliphatic rings. The van der Waals surface area contributed by atoms with Gasteiger partial charge < -0.3 is 0 Å². The highest BCUT2D eigenvalue weighted by atomic mass is 35.5. The predicted octanol–water partition coefficient (Wildman–Crippen LogP) is 8.41. The van der Waals surface area contributed by atoms with E-state index in [1.165, 1.54) is 5.56 Å². The third-order valence-electron chi connectivity index (χ3n) is 5.74. The molecular weight excluding hydrogens is 496 g/mol. The number of ketones is 1. The van der Waals surface area contributed by atoms with Crippen LogP contribution in [0.2, 0.25) is 20.1 Å². The smallest absolute Gasteiger partial charge is 0.187 e. The third-order valence-corrected chi connectivity index (χ3v) is 6.87. The van der Waals surface area contributed by atoms with Crippen LogP contribution in [0.5, 0.6) is 0 Å². The Hall–Kier alpha value is -2.07. The summed E-state index contributed by atoms with van der Waals surface area (Å²) in [7, 11) is 0. The predicted molar refractivity (Wildman–Crippen MR) is 140 cm³/mol. The number of benzene rings is 3. The number of carbonyl (C=O) groups excluding carboxylic acids is 1. The monoisotopic (exact) mass is 515 g/mol. The lowest BCUT2D eigenvalue weighted by Gasteiger charge is -2.35. The molecule has 1 saturated heterocycles. The van der Waals surface area contributed by atoms with E-state index in [-0.39, 0.29) is 11.8 Å². The van der Waals surface area contributed by atoms with E-state index in [0.29, 0.717) is 44.3 Å². The quantitative estimate of drug-likeness (QED) is 0.324. The lowest BCUT2D eigenvalue weighted by Crippen LogP contribution is -2.39. The summed E-state index contributed by atoms with van der Waals surface area (Å²) in [6.45, 7) is 3.14. The van der Waals surface area contributed by atoms with Gasteiger partial charge >= 0.3 is 0 Å². The van der Waals surface area contributed by atoms with Gasteiger partial charge in [0.25, 0.3) is 0 Å². The van der Waals surface area contributed by atoms with E-state index in [1.807, 2.05) is 42.5 Å². The minimum Gasteiger partial charge on any atom is -0.289 e. The number of nitrogens with zero attached hydrogens (tertiary/aromatic N) is 1. The molecule has 0 aliphatic carbocycles. The largest absolute Gasteiger partial charge is 0.289 e. The maximum atomic E-state index is 13.5. The van der Waals surface area contributed by atoms with E-state index in [4.69, 9.17) is 46.4 Å². The van der Waals surface area contributed by atoms with Crippen LogP contribution in [0.3, 0.4) is 0 Å². The molecule has 3 aromatic rings. The molecule has 0 aromatic heterocycles. The minimum atomic E-state index is -0.0245. The van der Waals surface area contributed by atoms with E-state index < -0.39 is 0 Å². The van der Waals surface area contributed by atoms with Crippen molar-refractivity contribution in [1.29, 1.82) is 0 Å². The average Bonchev–Trinajstić information content (AvgIpc) is 2.79. The zero-order chi connectivity index (χ0) is 23.5. The fourth-order valence-corrected chi connectivity index (χ4v) is 4.82. The SMILES string of the molecule is C[C@H](c1ccccc1)N1C/C(=C\c2ccc(Cl)cc2Cl)C(=O)/C(=C/c2ccc(Cl)cc2Cl)C1. The van der Waals surface area contributed by atoms with Gasteiger partial charge in [-0.2, -0.15) is 0 Å². The van der Waals surface area contributed by atoms with E-state index >= 15 is 0 Å². The summed E-state index contributed by atoms with van der Waals surface area (Å²) < 4.78 is 0. The van der Waals surface area contributed by atoms with E-state index in [1.54, 1.807) is 24.3 Å². The molecule has 6 heteroatoms. The number of rotatable bonds is 4. The molecular formula is C27H21Cl4NO. The van der Waals surface area contributed by atoms with Gasteiger partial charge in [0.15, 0.2) is 5.78 Å². The summed E-state index contributed by atoms with van der Waals surface area (Å²) in [6.07, 6.45) is 3.70. The molecule has 0 unspecified atom stereocenters. The van der Waals surface area contributed by atoms with Crippen molar-refractivity contribution < 1.29 is 4.79 Å². The first kappa shape index (κ1) is 24.1. The Bertz CT molecular complexity index is 1180. The number of piperidine rings is 1. The van der Waals surface area contributed by atoms with Gasteiger partial charge in [0.05, 0.1) is 0 Å². The Labute approximate surface area is 214 Å². The van der Waals surface area contributed by atoms with Gasteiger partial charge in [-0.1, -0.05) is 88.9 Å². The second-order valence-corrected chi connectivity index (χ2v) is 9.68. The van der Waals surface area contributed by atoms with Gasteiger partial charge in [-0.05, 0) is 60.0 Å². The van der Waals surface area contributed by atoms with Crippen LogP contribution in [-0.4, -0.2) is 23.8 Å². The van der Waals surface area contributed by atoms with Crippen LogP contribution in [0.1, 0.15) is 29.7 Å². The molecule has 1 heterocycles. The zero-order valence-electron chi connectivity index (χ0n) is 17.9. The molecule has 168 valence electrons. The first-order valence-corrected chi connectivity index (χ1v) is 12.0. The summed E-state index contributed by atoms with van der Waals surface area (Å²) in [5.41, 5.74) is 4.00. The zero-order valence-corrected chi connectivity index (χ0v) is 20.9. The summed E-state index contributed by atoms with van der Waals surface area (Å²) in [6, 6.07) is 20.9. The minimum absolute atomic E-state index is 0.0245. The van der Waals surface area contributed by atoms with Crippen molar-refractivity contribution >= 4 is 64.3 Å². The van der Waals surface area contributed by atoms with Crippen molar-refractivity contribution in [3.63, 3.8) is 0 Å². The second-order valence-electron chi connectivity index (χ2n) is 7.99. The summed E-state index contributed by atoms with van der Waals surface area (Å²) >= 11 is 24.9. The fraction of sp³-hybridized carbons (Fsp3) is 0.148. The average molecular weight is 517 g/mol. The highest BCUT2D eigenvalue weighted by Crippen LogP contribution is 2.32.